The fourth-order valence-corrected chi connectivity index (χ4v) is 3.91. The third kappa shape index (κ3) is 27.4. The highest BCUT2D eigenvalue weighted by atomic mass is 17.2. The van der Waals surface area contributed by atoms with Crippen LogP contribution < -0.4 is 0 Å². The highest BCUT2D eigenvalue weighted by Crippen LogP contribution is 2.14. The quantitative estimate of drug-likeness (QED) is 0.0812. The number of rotatable bonds is 25. The first-order valence-corrected chi connectivity index (χ1v) is 13.6. The lowest BCUT2D eigenvalue weighted by atomic mass is 10.0. The molecular weight excluding hydrogens is 386 g/mol. The van der Waals surface area contributed by atoms with E-state index in [0.29, 0.717) is 13.0 Å². The lowest BCUT2D eigenvalue weighted by Crippen LogP contribution is -2.13. The van der Waals surface area contributed by atoms with Gasteiger partial charge in [0.05, 0.1) is 6.61 Å². The molecule has 0 spiro atoms. The Hall–Kier alpha value is -0.610. The van der Waals surface area contributed by atoms with Crippen LogP contribution in [0.3, 0.4) is 0 Å². The molecule has 4 nitrogen and oxygen atoms in total. The smallest absolute Gasteiger partial charge is 0.309 e. The van der Waals surface area contributed by atoms with Crippen LogP contribution in [0, 0.1) is 0 Å². The Bertz CT molecular complexity index is 360. The molecule has 0 radical (unpaired) electrons. The summed E-state index contributed by atoms with van der Waals surface area (Å²) < 4.78 is 0. The lowest BCUT2D eigenvalue weighted by molar-refractivity contribution is -0.272. The second-order valence-electron chi connectivity index (χ2n) is 9.55. The molecule has 0 N–H and O–H groups in total. The van der Waals surface area contributed by atoms with E-state index in [1.807, 2.05) is 14.1 Å². The van der Waals surface area contributed by atoms with Gasteiger partial charge in [-0.25, -0.2) is 4.79 Å². The first-order chi connectivity index (χ1) is 15.2. The Morgan fingerprint density at radius 1 is 0.581 bits per heavy atom. The Kier molecular flexibility index (Phi) is 25.1. The minimum Gasteiger partial charge on any atom is -0.309 e. The van der Waals surface area contributed by atoms with Gasteiger partial charge in [-0.1, -0.05) is 116 Å². The third-order valence-corrected chi connectivity index (χ3v) is 5.97. The monoisotopic (exact) mass is 441 g/mol. The van der Waals surface area contributed by atoms with Gasteiger partial charge in [-0.15, -0.1) is 0 Å². The second-order valence-corrected chi connectivity index (χ2v) is 9.55. The molecule has 0 aliphatic carbocycles. The molecular formula is C27H55NO3. The highest BCUT2D eigenvalue weighted by Gasteiger charge is 2.04. The van der Waals surface area contributed by atoms with E-state index in [9.17, 15) is 4.79 Å². The van der Waals surface area contributed by atoms with Crippen molar-refractivity contribution in [3.05, 3.63) is 0 Å². The minimum absolute atomic E-state index is 0.235. The van der Waals surface area contributed by atoms with Crippen LogP contribution in [-0.2, 0) is 14.6 Å². The maximum Gasteiger partial charge on any atom is 0.342 e. The average molecular weight is 442 g/mol. The molecule has 0 aliphatic rings. The zero-order valence-corrected chi connectivity index (χ0v) is 21.4. The van der Waals surface area contributed by atoms with E-state index < -0.39 is 0 Å². The van der Waals surface area contributed by atoms with E-state index >= 15 is 0 Å². The fraction of sp³-hybridized carbons (Fsp3) is 0.963. The summed E-state index contributed by atoms with van der Waals surface area (Å²) in [5.74, 6) is -0.235. The topological polar surface area (TPSA) is 38.8 Å². The molecule has 0 rings (SSSR count). The van der Waals surface area contributed by atoms with Gasteiger partial charge in [0.2, 0.25) is 0 Å². The third-order valence-electron chi connectivity index (χ3n) is 5.97. The summed E-state index contributed by atoms with van der Waals surface area (Å²) in [7, 11) is 4.08. The maximum absolute atomic E-state index is 11.5. The number of hydrogen-bond acceptors (Lipinski definition) is 4. The molecule has 0 fully saturated rings. The number of nitrogens with zero attached hydrogens (tertiary/aromatic N) is 1. The molecule has 0 aromatic heterocycles. The fourth-order valence-electron chi connectivity index (χ4n) is 3.91. The summed E-state index contributed by atoms with van der Waals surface area (Å²) in [5.41, 5.74) is 0. The predicted octanol–water partition coefficient (Wildman–Crippen LogP) is 8.23. The normalized spacial score (nSPS) is 11.4. The van der Waals surface area contributed by atoms with Gasteiger partial charge in [-0.2, -0.15) is 4.89 Å². The standard InChI is InChI=1S/C27H55NO3/c1-4-5-6-7-8-9-10-11-12-13-14-15-16-17-18-19-20-23-26-30-31-27(29)24-21-22-25-28(2)3/h4-26H2,1-3H3. The zero-order valence-electron chi connectivity index (χ0n) is 21.4. The molecule has 0 saturated heterocycles. The van der Waals surface area contributed by atoms with E-state index in [-0.39, 0.29) is 5.97 Å². The van der Waals surface area contributed by atoms with Gasteiger partial charge in [0.15, 0.2) is 0 Å². The van der Waals surface area contributed by atoms with Crippen molar-refractivity contribution < 1.29 is 14.6 Å². The van der Waals surface area contributed by atoms with Crippen LogP contribution >= 0.6 is 0 Å². The number of unbranched alkanes of at least 4 members (excludes halogenated alkanes) is 18. The van der Waals surface area contributed by atoms with Crippen LogP contribution in [0.25, 0.3) is 0 Å². The van der Waals surface area contributed by atoms with Gasteiger partial charge in [0.1, 0.15) is 0 Å². The molecule has 0 atom stereocenters. The number of carbonyl (C=O) groups excluding carboxylic acids is 1. The number of hydrogen-bond donors (Lipinski definition) is 0. The zero-order chi connectivity index (χ0) is 22.8. The minimum atomic E-state index is -0.235. The summed E-state index contributed by atoms with van der Waals surface area (Å²) in [6, 6.07) is 0. The number of carbonyl (C=O) groups is 1. The molecule has 0 aromatic rings. The van der Waals surface area contributed by atoms with Gasteiger partial charge >= 0.3 is 5.97 Å². The Balaban J connectivity index is 3.10. The van der Waals surface area contributed by atoms with E-state index in [4.69, 9.17) is 9.78 Å². The molecule has 0 aromatic carbocycles. The van der Waals surface area contributed by atoms with Crippen molar-refractivity contribution >= 4 is 5.97 Å². The molecule has 0 bridgehead atoms. The largest absolute Gasteiger partial charge is 0.342 e. The molecule has 0 amide bonds. The van der Waals surface area contributed by atoms with Crippen molar-refractivity contribution in [2.75, 3.05) is 27.2 Å². The van der Waals surface area contributed by atoms with Crippen molar-refractivity contribution in [3.63, 3.8) is 0 Å². The van der Waals surface area contributed by atoms with Crippen molar-refractivity contribution in [1.29, 1.82) is 0 Å². The van der Waals surface area contributed by atoms with Gasteiger partial charge in [0.25, 0.3) is 0 Å². The van der Waals surface area contributed by atoms with Crippen LogP contribution in [-0.4, -0.2) is 38.1 Å². The van der Waals surface area contributed by atoms with Gasteiger partial charge in [-0.3, -0.25) is 4.89 Å². The Labute approximate surface area is 194 Å². The van der Waals surface area contributed by atoms with Crippen LogP contribution in [0.4, 0.5) is 0 Å². The van der Waals surface area contributed by atoms with Crippen LogP contribution in [0.15, 0.2) is 0 Å². The van der Waals surface area contributed by atoms with Gasteiger partial charge < -0.3 is 4.90 Å². The molecule has 186 valence electrons. The molecule has 31 heavy (non-hydrogen) atoms. The van der Waals surface area contributed by atoms with E-state index in [1.165, 1.54) is 109 Å². The first kappa shape index (κ1) is 30.4. The van der Waals surface area contributed by atoms with Crippen molar-refractivity contribution in [1.82, 2.24) is 4.90 Å². The summed E-state index contributed by atoms with van der Waals surface area (Å²) in [5, 5.41) is 0. The Morgan fingerprint density at radius 3 is 1.42 bits per heavy atom. The van der Waals surface area contributed by atoms with E-state index in [0.717, 1.165) is 25.8 Å². The molecule has 0 aliphatic heterocycles. The lowest BCUT2D eigenvalue weighted by Gasteiger charge is -2.08. The highest BCUT2D eigenvalue weighted by molar-refractivity contribution is 5.68. The molecule has 0 saturated carbocycles. The van der Waals surface area contributed by atoms with Crippen LogP contribution in [0.1, 0.15) is 142 Å². The maximum atomic E-state index is 11.5. The summed E-state index contributed by atoms with van der Waals surface area (Å²) in [6.07, 6.45) is 27.0. The Morgan fingerprint density at radius 2 is 1.00 bits per heavy atom. The van der Waals surface area contributed by atoms with E-state index in [2.05, 4.69) is 11.8 Å². The summed E-state index contributed by atoms with van der Waals surface area (Å²) in [4.78, 5) is 23.5. The SMILES string of the molecule is CCCCCCCCCCCCCCCCCCCCOOC(=O)CCCCN(C)C. The predicted molar refractivity (Wildman–Crippen MR) is 133 cm³/mol. The summed E-state index contributed by atoms with van der Waals surface area (Å²) in [6.45, 7) is 3.82. The van der Waals surface area contributed by atoms with E-state index in [1.54, 1.807) is 0 Å². The molecule has 4 heteroatoms. The van der Waals surface area contributed by atoms with Crippen LogP contribution in [0.2, 0.25) is 0 Å². The first-order valence-electron chi connectivity index (χ1n) is 13.6. The van der Waals surface area contributed by atoms with Gasteiger partial charge in [-0.05, 0) is 39.9 Å². The second kappa shape index (κ2) is 25.6. The van der Waals surface area contributed by atoms with Crippen LogP contribution in [0.5, 0.6) is 0 Å². The molecule has 0 unspecified atom stereocenters. The summed E-state index contributed by atoms with van der Waals surface area (Å²) >= 11 is 0. The molecule has 0 heterocycles. The van der Waals surface area contributed by atoms with Crippen molar-refractivity contribution in [2.45, 2.75) is 142 Å². The van der Waals surface area contributed by atoms with Gasteiger partial charge in [0, 0.05) is 6.42 Å². The average Bonchev–Trinajstić information content (AvgIpc) is 2.75. The van der Waals surface area contributed by atoms with Crippen molar-refractivity contribution in [2.24, 2.45) is 0 Å². The van der Waals surface area contributed by atoms with Crippen molar-refractivity contribution in [3.8, 4) is 0 Å².